The van der Waals surface area contributed by atoms with E-state index in [1.54, 1.807) is 25.1 Å². The molecule has 6 heteroatoms. The van der Waals surface area contributed by atoms with Crippen molar-refractivity contribution in [2.24, 2.45) is 0 Å². The molecule has 0 saturated heterocycles. The maximum absolute atomic E-state index is 14.3. The van der Waals surface area contributed by atoms with Crippen LogP contribution in [0.5, 0.6) is 0 Å². The number of nitrogens with zero attached hydrogens (tertiary/aromatic N) is 1. The van der Waals surface area contributed by atoms with Gasteiger partial charge >= 0.3 is 0 Å². The third kappa shape index (κ3) is 6.82. The van der Waals surface area contributed by atoms with Gasteiger partial charge in [0.15, 0.2) is 0 Å². The van der Waals surface area contributed by atoms with E-state index in [1.807, 2.05) is 6.92 Å². The lowest BCUT2D eigenvalue weighted by Crippen LogP contribution is -2.50. The Morgan fingerprint density at radius 1 is 1.13 bits per heavy atom. The van der Waals surface area contributed by atoms with E-state index in [0.717, 1.165) is 31.2 Å². The van der Waals surface area contributed by atoms with Crippen molar-refractivity contribution in [2.75, 3.05) is 5.75 Å². The molecule has 0 spiro atoms. The number of thioether (sulfide) groups is 1. The van der Waals surface area contributed by atoms with Gasteiger partial charge in [-0.15, -0.1) is 11.8 Å². The molecule has 0 aliphatic heterocycles. The van der Waals surface area contributed by atoms with Crippen LogP contribution < -0.4 is 5.32 Å². The second-order valence-electron chi connectivity index (χ2n) is 8.26. The summed E-state index contributed by atoms with van der Waals surface area (Å²) in [5, 5.41) is 3.07. The van der Waals surface area contributed by atoms with Crippen molar-refractivity contribution >= 4 is 23.6 Å². The Labute approximate surface area is 188 Å². The first-order valence-electron chi connectivity index (χ1n) is 10.9. The highest BCUT2D eigenvalue weighted by Gasteiger charge is 2.28. The summed E-state index contributed by atoms with van der Waals surface area (Å²) in [6, 6.07) is 14.2. The van der Waals surface area contributed by atoms with E-state index in [9.17, 15) is 14.0 Å². The van der Waals surface area contributed by atoms with Gasteiger partial charge in [0.1, 0.15) is 11.9 Å². The summed E-state index contributed by atoms with van der Waals surface area (Å²) >= 11 is 1.51. The normalized spacial score (nSPS) is 14.9. The van der Waals surface area contributed by atoms with Gasteiger partial charge in [-0.2, -0.15) is 0 Å². The zero-order valence-electron chi connectivity index (χ0n) is 18.3. The molecule has 0 heterocycles. The molecule has 1 fully saturated rings. The van der Waals surface area contributed by atoms with E-state index >= 15 is 0 Å². The van der Waals surface area contributed by atoms with Gasteiger partial charge in [-0.1, -0.05) is 60.9 Å². The number of carbonyl (C=O) groups excluding carboxylic acids is 2. The predicted molar refractivity (Wildman–Crippen MR) is 124 cm³/mol. The van der Waals surface area contributed by atoms with Crippen LogP contribution in [0.4, 0.5) is 4.39 Å². The lowest BCUT2D eigenvalue weighted by atomic mass is 10.1. The fourth-order valence-corrected chi connectivity index (χ4v) is 4.68. The summed E-state index contributed by atoms with van der Waals surface area (Å²) in [6.07, 6.45) is 4.19. The summed E-state index contributed by atoms with van der Waals surface area (Å²) in [4.78, 5) is 27.4. The molecule has 0 unspecified atom stereocenters. The Morgan fingerprint density at radius 3 is 2.48 bits per heavy atom. The van der Waals surface area contributed by atoms with E-state index in [4.69, 9.17) is 0 Å². The molecular weight excluding hydrogens is 411 g/mol. The number of amides is 2. The number of aryl methyl sites for hydroxylation is 1. The minimum absolute atomic E-state index is 0.0792. The standard InChI is InChI=1S/C25H31FN2O2S/c1-18-11-13-20(14-12-18)16-31-17-24(29)28(15-21-7-3-6-10-23(21)26)19(2)25(30)27-22-8-4-5-9-22/h3,6-7,10-14,19,22H,4-5,8-9,15-17H2,1-2H3,(H,27,30)/t19-/m0/s1. The smallest absolute Gasteiger partial charge is 0.242 e. The minimum atomic E-state index is -0.660. The molecule has 1 atom stereocenters. The highest BCUT2D eigenvalue weighted by Crippen LogP contribution is 2.20. The van der Waals surface area contributed by atoms with Crippen LogP contribution in [0, 0.1) is 12.7 Å². The molecule has 166 valence electrons. The Balaban J connectivity index is 1.66. The van der Waals surface area contributed by atoms with Gasteiger partial charge in [-0.3, -0.25) is 9.59 Å². The van der Waals surface area contributed by atoms with Gasteiger partial charge < -0.3 is 10.2 Å². The molecule has 2 amide bonds. The number of nitrogens with one attached hydrogen (secondary N) is 1. The van der Waals surface area contributed by atoms with Crippen LogP contribution in [0.15, 0.2) is 48.5 Å². The second kappa shape index (κ2) is 11.3. The zero-order chi connectivity index (χ0) is 22.2. The highest BCUT2D eigenvalue weighted by molar-refractivity contribution is 7.99. The van der Waals surface area contributed by atoms with Crippen molar-refractivity contribution < 1.29 is 14.0 Å². The van der Waals surface area contributed by atoms with Gasteiger partial charge in [0.05, 0.1) is 5.75 Å². The maximum atomic E-state index is 14.3. The molecule has 3 rings (SSSR count). The van der Waals surface area contributed by atoms with E-state index in [-0.39, 0.29) is 36.0 Å². The maximum Gasteiger partial charge on any atom is 0.242 e. The first kappa shape index (κ1) is 23.3. The zero-order valence-corrected chi connectivity index (χ0v) is 19.1. The van der Waals surface area contributed by atoms with Crippen LogP contribution in [0.1, 0.15) is 49.3 Å². The third-order valence-electron chi connectivity index (χ3n) is 5.78. The fraction of sp³-hybridized carbons (Fsp3) is 0.440. The predicted octanol–water partition coefficient (Wildman–Crippen LogP) is 4.84. The number of rotatable bonds is 9. The quantitative estimate of drug-likeness (QED) is 0.604. The van der Waals surface area contributed by atoms with Crippen molar-refractivity contribution in [3.05, 3.63) is 71.0 Å². The van der Waals surface area contributed by atoms with E-state index in [2.05, 4.69) is 29.6 Å². The second-order valence-corrected chi connectivity index (χ2v) is 9.24. The Hall–Kier alpha value is -2.34. The molecular formula is C25H31FN2O2S. The van der Waals surface area contributed by atoms with Crippen LogP contribution in [0.2, 0.25) is 0 Å². The molecule has 31 heavy (non-hydrogen) atoms. The number of benzene rings is 2. The molecule has 1 aliphatic carbocycles. The molecule has 0 bridgehead atoms. The number of carbonyl (C=O) groups is 2. The van der Waals surface area contributed by atoms with Gasteiger partial charge in [-0.05, 0) is 38.3 Å². The monoisotopic (exact) mass is 442 g/mol. The SMILES string of the molecule is Cc1ccc(CSCC(=O)N(Cc2ccccc2F)[C@@H](C)C(=O)NC2CCCC2)cc1. The van der Waals surface area contributed by atoms with Gasteiger partial charge in [-0.25, -0.2) is 4.39 Å². The topological polar surface area (TPSA) is 49.4 Å². The first-order valence-corrected chi connectivity index (χ1v) is 12.1. The summed E-state index contributed by atoms with van der Waals surface area (Å²) in [5.74, 6) is 0.261. The molecule has 1 aliphatic rings. The van der Waals surface area contributed by atoms with Crippen molar-refractivity contribution in [2.45, 2.75) is 63.9 Å². The Kier molecular flexibility index (Phi) is 8.52. The summed E-state index contributed by atoms with van der Waals surface area (Å²) in [7, 11) is 0. The van der Waals surface area contributed by atoms with Crippen LogP contribution >= 0.6 is 11.8 Å². The molecule has 4 nitrogen and oxygen atoms in total. The fourth-order valence-electron chi connectivity index (χ4n) is 3.81. The molecule has 0 radical (unpaired) electrons. The lowest BCUT2D eigenvalue weighted by Gasteiger charge is -2.29. The largest absolute Gasteiger partial charge is 0.352 e. The first-order chi connectivity index (χ1) is 14.9. The lowest BCUT2D eigenvalue weighted by molar-refractivity contribution is -0.139. The van der Waals surface area contributed by atoms with Gasteiger partial charge in [0.25, 0.3) is 0 Å². The van der Waals surface area contributed by atoms with E-state index in [1.165, 1.54) is 28.3 Å². The summed E-state index contributed by atoms with van der Waals surface area (Å²) in [6.45, 7) is 3.85. The Morgan fingerprint density at radius 2 is 1.81 bits per heavy atom. The van der Waals surface area contributed by atoms with Crippen LogP contribution in [0.3, 0.4) is 0 Å². The van der Waals surface area contributed by atoms with Gasteiger partial charge in [0, 0.05) is 23.9 Å². The Bertz CT molecular complexity index is 881. The number of halogens is 1. The van der Waals surface area contributed by atoms with Crippen molar-refractivity contribution in [3.8, 4) is 0 Å². The molecule has 2 aromatic rings. The van der Waals surface area contributed by atoms with Gasteiger partial charge in [0.2, 0.25) is 11.8 Å². The molecule has 1 N–H and O–H groups in total. The average Bonchev–Trinajstić information content (AvgIpc) is 3.27. The minimum Gasteiger partial charge on any atom is -0.352 e. The summed E-state index contributed by atoms with van der Waals surface area (Å²) in [5.41, 5.74) is 2.76. The molecule has 0 aromatic heterocycles. The van der Waals surface area contributed by atoms with Crippen LogP contribution in [0.25, 0.3) is 0 Å². The molecule has 2 aromatic carbocycles. The van der Waals surface area contributed by atoms with Crippen molar-refractivity contribution in [1.29, 1.82) is 0 Å². The van der Waals surface area contributed by atoms with E-state index in [0.29, 0.717) is 11.3 Å². The highest BCUT2D eigenvalue weighted by atomic mass is 32.2. The van der Waals surface area contributed by atoms with Crippen LogP contribution in [-0.2, 0) is 21.9 Å². The summed E-state index contributed by atoms with van der Waals surface area (Å²) < 4.78 is 14.3. The van der Waals surface area contributed by atoms with Crippen LogP contribution in [-0.4, -0.2) is 34.6 Å². The van der Waals surface area contributed by atoms with Crippen molar-refractivity contribution in [1.82, 2.24) is 10.2 Å². The average molecular weight is 443 g/mol. The third-order valence-corrected chi connectivity index (χ3v) is 6.77. The molecule has 1 saturated carbocycles. The number of hydrogen-bond acceptors (Lipinski definition) is 3. The van der Waals surface area contributed by atoms with E-state index < -0.39 is 6.04 Å². The number of hydrogen-bond donors (Lipinski definition) is 1. The van der Waals surface area contributed by atoms with Crippen molar-refractivity contribution in [3.63, 3.8) is 0 Å².